The van der Waals surface area contributed by atoms with Crippen molar-refractivity contribution in [2.75, 3.05) is 6.61 Å². The van der Waals surface area contributed by atoms with Crippen LogP contribution in [0.5, 0.6) is 0 Å². The first-order chi connectivity index (χ1) is 13.5. The Morgan fingerprint density at radius 2 is 1.04 bits per heavy atom. The van der Waals surface area contributed by atoms with Gasteiger partial charge in [0.15, 0.2) is 6.29 Å². The van der Waals surface area contributed by atoms with Gasteiger partial charge in [0.1, 0.15) is 24.4 Å². The fraction of sp³-hybridized carbons (Fsp3) is 0.273. The number of hydrogen-bond donors (Lipinski definition) is 5. The molecule has 0 spiro atoms. The highest BCUT2D eigenvalue weighted by Crippen LogP contribution is 2.33. The van der Waals surface area contributed by atoms with Crippen LogP contribution in [0.25, 0.3) is 32.3 Å². The van der Waals surface area contributed by atoms with E-state index in [1.165, 1.54) is 32.3 Å². The number of rotatable bonds is 1. The lowest BCUT2D eigenvalue weighted by molar-refractivity contribution is -0.286. The van der Waals surface area contributed by atoms with Crippen molar-refractivity contribution in [2.24, 2.45) is 0 Å². The van der Waals surface area contributed by atoms with Crippen molar-refractivity contribution >= 4 is 32.3 Å². The van der Waals surface area contributed by atoms with Crippen LogP contribution in [0.4, 0.5) is 0 Å². The van der Waals surface area contributed by atoms with E-state index in [1.54, 1.807) is 0 Å². The first-order valence-corrected chi connectivity index (χ1v) is 9.12. The quantitative estimate of drug-likeness (QED) is 0.318. The van der Waals surface area contributed by atoms with E-state index < -0.39 is 37.3 Å². The maximum atomic E-state index is 9.12. The summed E-state index contributed by atoms with van der Waals surface area (Å²) >= 11 is 0. The molecule has 0 amide bonds. The molecule has 1 saturated heterocycles. The van der Waals surface area contributed by atoms with Crippen LogP contribution in [0, 0.1) is 0 Å². The highest BCUT2D eigenvalue weighted by Gasteiger charge is 2.42. The van der Waals surface area contributed by atoms with Gasteiger partial charge < -0.3 is 30.3 Å². The Kier molecular flexibility index (Phi) is 5.16. The highest BCUT2D eigenvalue weighted by molar-refractivity contribution is 6.22. The summed E-state index contributed by atoms with van der Waals surface area (Å²) in [4.78, 5) is 0. The Balaban J connectivity index is 0.000000145. The first kappa shape index (κ1) is 19.0. The van der Waals surface area contributed by atoms with E-state index in [4.69, 9.17) is 25.5 Å². The number of aliphatic hydroxyl groups is 5. The van der Waals surface area contributed by atoms with E-state index in [9.17, 15) is 0 Å². The average Bonchev–Trinajstić information content (AvgIpc) is 2.74. The van der Waals surface area contributed by atoms with Crippen LogP contribution in [-0.4, -0.2) is 62.8 Å². The van der Waals surface area contributed by atoms with E-state index in [0.29, 0.717) is 0 Å². The first-order valence-electron chi connectivity index (χ1n) is 9.12. The van der Waals surface area contributed by atoms with Gasteiger partial charge in [-0.3, -0.25) is 0 Å². The van der Waals surface area contributed by atoms with E-state index >= 15 is 0 Å². The zero-order valence-corrected chi connectivity index (χ0v) is 15.0. The van der Waals surface area contributed by atoms with Crippen molar-refractivity contribution < 1.29 is 30.3 Å². The molecule has 0 aromatic heterocycles. The monoisotopic (exact) mass is 382 g/mol. The number of benzene rings is 4. The highest BCUT2D eigenvalue weighted by atomic mass is 16.6. The largest absolute Gasteiger partial charge is 0.394 e. The molecule has 0 aliphatic carbocycles. The number of ether oxygens (including phenoxy) is 1. The van der Waals surface area contributed by atoms with Crippen LogP contribution < -0.4 is 0 Å². The smallest absolute Gasteiger partial charge is 0.184 e. The molecule has 4 aromatic carbocycles. The van der Waals surface area contributed by atoms with E-state index in [0.717, 1.165) is 0 Å². The lowest BCUT2D eigenvalue weighted by Crippen LogP contribution is -2.58. The van der Waals surface area contributed by atoms with Gasteiger partial charge >= 0.3 is 0 Å². The molecule has 1 aliphatic rings. The van der Waals surface area contributed by atoms with Crippen molar-refractivity contribution in [1.82, 2.24) is 0 Å². The summed E-state index contributed by atoms with van der Waals surface area (Å²) in [5, 5.41) is 52.8. The minimum Gasteiger partial charge on any atom is -0.394 e. The van der Waals surface area contributed by atoms with Crippen LogP contribution in [-0.2, 0) is 4.74 Å². The molecule has 146 valence electrons. The summed E-state index contributed by atoms with van der Waals surface area (Å²) in [6, 6.07) is 21.9. The molecule has 6 heteroatoms. The van der Waals surface area contributed by atoms with Crippen molar-refractivity contribution in [3.8, 4) is 0 Å². The normalized spacial score (nSPS) is 27.8. The molecule has 1 unspecified atom stereocenters. The third kappa shape index (κ3) is 3.20. The van der Waals surface area contributed by atoms with Crippen LogP contribution in [0.3, 0.4) is 0 Å². The zero-order valence-electron chi connectivity index (χ0n) is 15.0. The molecule has 1 fully saturated rings. The van der Waals surface area contributed by atoms with Gasteiger partial charge in [-0.1, -0.05) is 60.7 Å². The molecule has 1 heterocycles. The SMILES string of the molecule is OC[C@H]1OC(O)[C@H](O)[C@@H](O)[C@H]1O.c1cc2ccc3cccc4ccc(c1)c2c34. The van der Waals surface area contributed by atoms with Crippen molar-refractivity contribution in [2.45, 2.75) is 30.7 Å². The van der Waals surface area contributed by atoms with Crippen LogP contribution >= 0.6 is 0 Å². The Morgan fingerprint density at radius 1 is 0.607 bits per heavy atom. The third-order valence-corrected chi connectivity index (χ3v) is 5.26. The van der Waals surface area contributed by atoms with Crippen molar-refractivity contribution in [3.05, 3.63) is 60.7 Å². The van der Waals surface area contributed by atoms with Gasteiger partial charge in [-0.15, -0.1) is 0 Å². The molecular weight excluding hydrogens is 360 g/mol. The van der Waals surface area contributed by atoms with Gasteiger partial charge in [0.05, 0.1) is 6.61 Å². The number of aliphatic hydroxyl groups excluding tert-OH is 5. The molecule has 4 aromatic rings. The second-order valence-corrected chi connectivity index (χ2v) is 7.01. The zero-order chi connectivity index (χ0) is 19.8. The summed E-state index contributed by atoms with van der Waals surface area (Å²) in [7, 11) is 0. The van der Waals surface area contributed by atoms with E-state index in [-0.39, 0.29) is 0 Å². The maximum absolute atomic E-state index is 9.12. The Hall–Kier alpha value is -2.32. The van der Waals surface area contributed by atoms with Crippen LogP contribution in [0.15, 0.2) is 60.7 Å². The molecule has 0 radical (unpaired) electrons. The van der Waals surface area contributed by atoms with Gasteiger partial charge in [-0.25, -0.2) is 0 Å². The van der Waals surface area contributed by atoms with Gasteiger partial charge in [0, 0.05) is 0 Å². The standard InChI is InChI=1S/C16H10.C6H12O6/c1-3-11-7-9-13-5-2-6-14-10-8-12(4-1)15(11)16(13)14;7-1-2-3(8)4(9)5(10)6(11)12-2/h1-10H;2-11H,1H2/t;2-,3+,4+,5-,6?/m.1/s1. The van der Waals surface area contributed by atoms with Crippen LogP contribution in [0.2, 0.25) is 0 Å². The van der Waals surface area contributed by atoms with Gasteiger partial charge in [-0.2, -0.15) is 0 Å². The molecule has 1 aliphatic heterocycles. The number of hydrogen-bond acceptors (Lipinski definition) is 6. The van der Waals surface area contributed by atoms with Gasteiger partial charge in [0.25, 0.3) is 0 Å². The molecule has 28 heavy (non-hydrogen) atoms. The molecular formula is C22H22O6. The summed E-state index contributed by atoms with van der Waals surface area (Å²) < 4.78 is 4.58. The predicted molar refractivity (Wildman–Crippen MR) is 106 cm³/mol. The van der Waals surface area contributed by atoms with Gasteiger partial charge in [0.2, 0.25) is 0 Å². The molecule has 0 bridgehead atoms. The summed E-state index contributed by atoms with van der Waals surface area (Å²) in [5.74, 6) is 0. The van der Waals surface area contributed by atoms with Crippen molar-refractivity contribution in [1.29, 1.82) is 0 Å². The summed E-state index contributed by atoms with van der Waals surface area (Å²) in [5.41, 5.74) is 0. The average molecular weight is 382 g/mol. The Morgan fingerprint density at radius 3 is 1.43 bits per heavy atom. The maximum Gasteiger partial charge on any atom is 0.184 e. The van der Waals surface area contributed by atoms with Crippen LogP contribution in [0.1, 0.15) is 0 Å². The summed E-state index contributed by atoms with van der Waals surface area (Å²) in [6.45, 7) is -0.526. The topological polar surface area (TPSA) is 110 Å². The fourth-order valence-corrected chi connectivity index (χ4v) is 3.75. The lowest BCUT2D eigenvalue weighted by Gasteiger charge is -2.37. The molecule has 5 N–H and O–H groups in total. The predicted octanol–water partition coefficient (Wildman–Crippen LogP) is 1.36. The molecule has 6 nitrogen and oxygen atoms in total. The van der Waals surface area contributed by atoms with E-state index in [1.807, 2.05) is 0 Å². The molecule has 5 atom stereocenters. The molecule has 0 saturated carbocycles. The minimum absolute atomic E-state index is 0.526. The van der Waals surface area contributed by atoms with E-state index in [2.05, 4.69) is 65.4 Å². The lowest BCUT2D eigenvalue weighted by atomic mass is 9.95. The van der Waals surface area contributed by atoms with Gasteiger partial charge in [-0.05, 0) is 32.3 Å². The minimum atomic E-state index is -1.57. The third-order valence-electron chi connectivity index (χ3n) is 5.26. The molecule has 5 rings (SSSR count). The summed E-state index contributed by atoms with van der Waals surface area (Å²) in [6.07, 6.45) is -7.04. The van der Waals surface area contributed by atoms with Crippen molar-refractivity contribution in [3.63, 3.8) is 0 Å². The Labute approximate surface area is 161 Å². The fourth-order valence-electron chi connectivity index (χ4n) is 3.75. The Bertz CT molecular complexity index is 946. The second-order valence-electron chi connectivity index (χ2n) is 7.01. The second kappa shape index (κ2) is 7.60.